The molecule has 0 N–H and O–H groups in total. The van der Waals surface area contributed by atoms with Gasteiger partial charge in [-0.25, -0.2) is 0 Å². The van der Waals surface area contributed by atoms with Crippen molar-refractivity contribution in [3.05, 3.63) is 0 Å². The molecule has 1 saturated carbocycles. The molecule has 3 heteroatoms. The van der Waals surface area contributed by atoms with Gasteiger partial charge in [0.1, 0.15) is 0 Å². The van der Waals surface area contributed by atoms with E-state index in [-0.39, 0.29) is 0 Å². The second kappa shape index (κ2) is 5.33. The molecule has 2 rings (SSSR count). The van der Waals surface area contributed by atoms with Gasteiger partial charge in [0.05, 0.1) is 0 Å². The number of carbonyl (C=O) groups excluding carboxylic acids is 1. The van der Waals surface area contributed by atoms with Crippen molar-refractivity contribution in [3.63, 3.8) is 0 Å². The van der Waals surface area contributed by atoms with Crippen LogP contribution in [0.4, 0.5) is 0 Å². The SMILES string of the molecule is O=C1CC(CBr)CN1CC1CCCCC1. The number of halogens is 1. The third-order valence-electron chi connectivity index (χ3n) is 3.72. The lowest BCUT2D eigenvalue weighted by atomic mass is 9.89. The van der Waals surface area contributed by atoms with Crippen molar-refractivity contribution in [2.45, 2.75) is 38.5 Å². The molecule has 0 aromatic rings. The first kappa shape index (κ1) is 11.4. The molecule has 1 unspecified atom stereocenters. The summed E-state index contributed by atoms with van der Waals surface area (Å²) in [6.45, 7) is 2.02. The molecule has 0 spiro atoms. The van der Waals surface area contributed by atoms with Gasteiger partial charge in [-0.15, -0.1) is 0 Å². The lowest BCUT2D eigenvalue weighted by molar-refractivity contribution is -0.128. The number of hydrogen-bond donors (Lipinski definition) is 0. The molecule has 0 aromatic carbocycles. The Hall–Kier alpha value is -0.0500. The number of hydrogen-bond acceptors (Lipinski definition) is 1. The number of likely N-dealkylation sites (tertiary alicyclic amines) is 1. The highest BCUT2D eigenvalue weighted by Crippen LogP contribution is 2.27. The second-order valence-electron chi connectivity index (χ2n) is 5.03. The van der Waals surface area contributed by atoms with Crippen molar-refractivity contribution in [3.8, 4) is 0 Å². The Bertz CT molecular complexity index is 226. The Balaban J connectivity index is 1.81. The normalized spacial score (nSPS) is 28.7. The van der Waals surface area contributed by atoms with Crippen molar-refractivity contribution < 1.29 is 4.79 Å². The van der Waals surface area contributed by atoms with Crippen molar-refractivity contribution >= 4 is 21.8 Å². The first-order valence-electron chi connectivity index (χ1n) is 6.13. The zero-order chi connectivity index (χ0) is 10.7. The highest BCUT2D eigenvalue weighted by molar-refractivity contribution is 9.09. The van der Waals surface area contributed by atoms with Gasteiger partial charge in [0.2, 0.25) is 5.91 Å². The number of nitrogens with zero attached hydrogens (tertiary/aromatic N) is 1. The summed E-state index contributed by atoms with van der Waals surface area (Å²) in [7, 11) is 0. The van der Waals surface area contributed by atoms with Crippen LogP contribution in [-0.4, -0.2) is 29.2 Å². The molecular formula is C12H20BrNO. The summed E-state index contributed by atoms with van der Waals surface area (Å²) in [6.07, 6.45) is 7.57. The van der Waals surface area contributed by atoms with E-state index in [2.05, 4.69) is 20.8 Å². The highest BCUT2D eigenvalue weighted by Gasteiger charge is 2.30. The van der Waals surface area contributed by atoms with E-state index in [4.69, 9.17) is 0 Å². The summed E-state index contributed by atoms with van der Waals surface area (Å²) < 4.78 is 0. The number of alkyl halides is 1. The van der Waals surface area contributed by atoms with Crippen LogP contribution in [0.1, 0.15) is 38.5 Å². The fourth-order valence-electron chi connectivity index (χ4n) is 2.82. The van der Waals surface area contributed by atoms with E-state index < -0.39 is 0 Å². The quantitative estimate of drug-likeness (QED) is 0.725. The van der Waals surface area contributed by atoms with Crippen LogP contribution >= 0.6 is 15.9 Å². The van der Waals surface area contributed by atoms with Crippen LogP contribution in [0.2, 0.25) is 0 Å². The first-order valence-corrected chi connectivity index (χ1v) is 7.25. The Kier molecular flexibility index (Phi) is 4.06. The van der Waals surface area contributed by atoms with E-state index in [0.29, 0.717) is 11.8 Å². The molecule has 0 bridgehead atoms. The Morgan fingerprint density at radius 1 is 1.20 bits per heavy atom. The van der Waals surface area contributed by atoms with E-state index >= 15 is 0 Å². The van der Waals surface area contributed by atoms with Crippen molar-refractivity contribution in [2.24, 2.45) is 11.8 Å². The number of carbonyl (C=O) groups is 1. The largest absolute Gasteiger partial charge is 0.342 e. The minimum absolute atomic E-state index is 0.380. The van der Waals surface area contributed by atoms with Gasteiger partial charge in [-0.05, 0) is 24.7 Å². The van der Waals surface area contributed by atoms with E-state index in [9.17, 15) is 4.79 Å². The predicted octanol–water partition coefficient (Wildman–Crippen LogP) is 2.81. The molecule has 1 heterocycles. The lowest BCUT2D eigenvalue weighted by Crippen LogP contribution is -2.32. The Morgan fingerprint density at radius 3 is 2.53 bits per heavy atom. The number of amides is 1. The maximum Gasteiger partial charge on any atom is 0.222 e. The molecule has 1 aliphatic heterocycles. The minimum Gasteiger partial charge on any atom is -0.342 e. The van der Waals surface area contributed by atoms with E-state index in [1.54, 1.807) is 0 Å². The zero-order valence-electron chi connectivity index (χ0n) is 9.25. The summed E-state index contributed by atoms with van der Waals surface area (Å²) in [5.41, 5.74) is 0. The molecule has 15 heavy (non-hydrogen) atoms. The fourth-order valence-corrected chi connectivity index (χ4v) is 3.25. The van der Waals surface area contributed by atoms with Gasteiger partial charge in [0, 0.05) is 24.8 Å². The van der Waals surface area contributed by atoms with Gasteiger partial charge >= 0.3 is 0 Å². The van der Waals surface area contributed by atoms with Crippen LogP contribution < -0.4 is 0 Å². The smallest absolute Gasteiger partial charge is 0.222 e. The molecule has 1 aliphatic carbocycles. The van der Waals surface area contributed by atoms with Crippen molar-refractivity contribution in [1.82, 2.24) is 4.90 Å². The third kappa shape index (κ3) is 2.96. The summed E-state index contributed by atoms with van der Waals surface area (Å²) in [5, 5.41) is 0.972. The monoisotopic (exact) mass is 273 g/mol. The summed E-state index contributed by atoms with van der Waals surface area (Å²) in [4.78, 5) is 13.8. The maximum absolute atomic E-state index is 11.7. The molecular weight excluding hydrogens is 254 g/mol. The molecule has 2 aliphatic rings. The molecule has 0 radical (unpaired) electrons. The Labute approximate surface area is 101 Å². The van der Waals surface area contributed by atoms with Gasteiger partial charge < -0.3 is 4.90 Å². The number of rotatable bonds is 3. The molecule has 86 valence electrons. The van der Waals surface area contributed by atoms with E-state index in [1.165, 1.54) is 32.1 Å². The van der Waals surface area contributed by atoms with Crippen molar-refractivity contribution in [1.29, 1.82) is 0 Å². The van der Waals surface area contributed by atoms with Gasteiger partial charge in [-0.2, -0.15) is 0 Å². The average Bonchev–Trinajstić information content (AvgIpc) is 2.61. The molecule has 0 aromatic heterocycles. The van der Waals surface area contributed by atoms with Crippen LogP contribution in [0, 0.1) is 11.8 Å². The zero-order valence-corrected chi connectivity index (χ0v) is 10.8. The van der Waals surface area contributed by atoms with Crippen LogP contribution in [0.5, 0.6) is 0 Å². The molecule has 1 amide bonds. The van der Waals surface area contributed by atoms with Crippen LogP contribution in [-0.2, 0) is 4.79 Å². The summed E-state index contributed by atoms with van der Waals surface area (Å²) in [5.74, 6) is 1.72. The van der Waals surface area contributed by atoms with Gasteiger partial charge in [0.15, 0.2) is 0 Å². The predicted molar refractivity (Wildman–Crippen MR) is 65.1 cm³/mol. The first-order chi connectivity index (χ1) is 7.29. The Morgan fingerprint density at radius 2 is 1.93 bits per heavy atom. The van der Waals surface area contributed by atoms with Gasteiger partial charge in [0.25, 0.3) is 0 Å². The molecule has 2 fully saturated rings. The van der Waals surface area contributed by atoms with E-state index in [1.807, 2.05) is 0 Å². The van der Waals surface area contributed by atoms with Gasteiger partial charge in [-0.3, -0.25) is 4.79 Å². The van der Waals surface area contributed by atoms with Gasteiger partial charge in [-0.1, -0.05) is 35.2 Å². The molecule has 1 saturated heterocycles. The maximum atomic E-state index is 11.7. The molecule has 1 atom stereocenters. The summed E-state index contributed by atoms with van der Waals surface area (Å²) >= 11 is 3.48. The molecule has 2 nitrogen and oxygen atoms in total. The average molecular weight is 274 g/mol. The standard InChI is InChI=1S/C12H20BrNO/c13-7-11-6-12(15)14(9-11)8-10-4-2-1-3-5-10/h10-11H,1-9H2. The van der Waals surface area contributed by atoms with Crippen molar-refractivity contribution in [2.75, 3.05) is 18.4 Å². The summed E-state index contributed by atoms with van der Waals surface area (Å²) in [6, 6.07) is 0. The van der Waals surface area contributed by atoms with Crippen LogP contribution in [0.15, 0.2) is 0 Å². The lowest BCUT2D eigenvalue weighted by Gasteiger charge is -2.26. The minimum atomic E-state index is 0.380. The third-order valence-corrected chi connectivity index (χ3v) is 4.63. The highest BCUT2D eigenvalue weighted by atomic mass is 79.9. The fraction of sp³-hybridized carbons (Fsp3) is 0.917. The van der Waals surface area contributed by atoms with Crippen LogP contribution in [0.3, 0.4) is 0 Å². The second-order valence-corrected chi connectivity index (χ2v) is 5.67. The van der Waals surface area contributed by atoms with Crippen LogP contribution in [0.25, 0.3) is 0 Å². The van der Waals surface area contributed by atoms with E-state index in [0.717, 1.165) is 30.8 Å². The topological polar surface area (TPSA) is 20.3 Å².